The van der Waals surface area contributed by atoms with Crippen LogP contribution in [0, 0.1) is 6.92 Å². The summed E-state index contributed by atoms with van der Waals surface area (Å²) >= 11 is 1.41. The first-order chi connectivity index (χ1) is 14.1. The van der Waals surface area contributed by atoms with Crippen LogP contribution in [-0.2, 0) is 5.75 Å². The summed E-state index contributed by atoms with van der Waals surface area (Å²) in [6.07, 6.45) is 1.65. The van der Waals surface area contributed by atoms with Gasteiger partial charge < -0.3 is 14.0 Å². The Bertz CT molecular complexity index is 1170. The van der Waals surface area contributed by atoms with Crippen molar-refractivity contribution in [2.75, 3.05) is 7.11 Å². The van der Waals surface area contributed by atoms with Crippen LogP contribution in [-0.4, -0.2) is 23.2 Å². The summed E-state index contributed by atoms with van der Waals surface area (Å²) in [5, 5.41) is 6.51. The molecule has 0 amide bonds. The Morgan fingerprint density at radius 2 is 1.86 bits per heavy atom. The summed E-state index contributed by atoms with van der Waals surface area (Å²) < 4.78 is 16.0. The van der Waals surface area contributed by atoms with Gasteiger partial charge in [0.25, 0.3) is 0 Å². The zero-order chi connectivity index (χ0) is 20.2. The highest BCUT2D eigenvalue weighted by molar-refractivity contribution is 7.98. The summed E-state index contributed by atoms with van der Waals surface area (Å²) in [7, 11) is 1.62. The molecule has 0 atom stereocenters. The molecule has 0 radical (unpaired) electrons. The van der Waals surface area contributed by atoms with Gasteiger partial charge in [0.1, 0.15) is 22.3 Å². The first kappa shape index (κ1) is 19.0. The lowest BCUT2D eigenvalue weighted by Crippen LogP contribution is -2.10. The van der Waals surface area contributed by atoms with E-state index in [4.69, 9.17) is 14.0 Å². The van der Waals surface area contributed by atoms with Crippen molar-refractivity contribution >= 4 is 28.5 Å². The van der Waals surface area contributed by atoms with E-state index in [-0.39, 0.29) is 0 Å². The lowest BCUT2D eigenvalue weighted by atomic mass is 10.1. The predicted molar refractivity (Wildman–Crippen MR) is 110 cm³/mol. The second-order valence-electron chi connectivity index (χ2n) is 6.34. The van der Waals surface area contributed by atoms with E-state index in [2.05, 4.69) is 10.1 Å². The van der Waals surface area contributed by atoms with Crippen LogP contribution >= 0.6 is 11.8 Å². The summed E-state index contributed by atoms with van der Waals surface area (Å²) in [4.78, 5) is 17.1. The van der Waals surface area contributed by atoms with Gasteiger partial charge in [-0.25, -0.2) is 9.78 Å². The van der Waals surface area contributed by atoms with Crippen LogP contribution in [0.4, 0.5) is 0 Å². The first-order valence-electron chi connectivity index (χ1n) is 8.92. The third-order valence-corrected chi connectivity index (χ3v) is 5.29. The van der Waals surface area contributed by atoms with Crippen molar-refractivity contribution in [2.45, 2.75) is 17.7 Å². The third kappa shape index (κ3) is 4.41. The van der Waals surface area contributed by atoms with Crippen LogP contribution in [0.3, 0.4) is 0 Å². The second-order valence-corrected chi connectivity index (χ2v) is 7.30. The lowest BCUT2D eigenvalue weighted by Gasteiger charge is -2.09. The second kappa shape index (κ2) is 8.36. The van der Waals surface area contributed by atoms with Crippen LogP contribution in [0.25, 0.3) is 10.8 Å². The Kier molecular flexibility index (Phi) is 5.48. The number of ether oxygens (including phenoxy) is 2. The van der Waals surface area contributed by atoms with Gasteiger partial charge in [0.05, 0.1) is 18.4 Å². The summed E-state index contributed by atoms with van der Waals surface area (Å²) in [6, 6.07) is 16.5. The molecule has 2 aromatic carbocycles. The number of benzene rings is 2. The predicted octanol–water partition coefficient (Wildman–Crippen LogP) is 5.05. The summed E-state index contributed by atoms with van der Waals surface area (Å²) in [5.41, 5.74) is 1.20. The molecule has 0 spiro atoms. The zero-order valence-electron chi connectivity index (χ0n) is 15.9. The standard InChI is InChI=1S/C22H18N2O4S/c1-14-10-17(24-28-14)13-29-21-20(4-3-9-23-21)22(25)27-19-8-6-15-5-7-18(26-2)11-16(15)12-19/h3-12H,13H2,1-2H3. The van der Waals surface area contributed by atoms with Gasteiger partial charge in [0.15, 0.2) is 0 Å². The minimum Gasteiger partial charge on any atom is -0.497 e. The van der Waals surface area contributed by atoms with E-state index in [9.17, 15) is 4.79 Å². The number of rotatable bonds is 6. The lowest BCUT2D eigenvalue weighted by molar-refractivity contribution is 0.0730. The molecule has 2 heterocycles. The Morgan fingerprint density at radius 3 is 2.62 bits per heavy atom. The molecule has 0 bridgehead atoms. The van der Waals surface area contributed by atoms with Crippen molar-refractivity contribution in [2.24, 2.45) is 0 Å². The fourth-order valence-electron chi connectivity index (χ4n) is 2.84. The minimum absolute atomic E-state index is 0.406. The molecular formula is C22H18N2O4S. The monoisotopic (exact) mass is 406 g/mol. The maximum Gasteiger partial charge on any atom is 0.346 e. The van der Waals surface area contributed by atoms with Crippen LogP contribution < -0.4 is 9.47 Å². The molecule has 4 rings (SSSR count). The van der Waals surface area contributed by atoms with E-state index in [1.54, 1.807) is 31.5 Å². The molecule has 0 aliphatic heterocycles. The van der Waals surface area contributed by atoms with Gasteiger partial charge >= 0.3 is 5.97 Å². The number of fused-ring (bicyclic) bond motifs is 1. The molecule has 0 fully saturated rings. The number of thioether (sulfide) groups is 1. The van der Waals surface area contributed by atoms with E-state index in [1.165, 1.54) is 11.8 Å². The van der Waals surface area contributed by atoms with E-state index < -0.39 is 5.97 Å². The molecule has 4 aromatic rings. The molecule has 146 valence electrons. The van der Waals surface area contributed by atoms with Crippen molar-refractivity contribution in [3.63, 3.8) is 0 Å². The maximum atomic E-state index is 12.8. The number of nitrogens with zero attached hydrogens (tertiary/aromatic N) is 2. The number of esters is 1. The van der Waals surface area contributed by atoms with Crippen LogP contribution in [0.2, 0.25) is 0 Å². The molecule has 0 saturated heterocycles. The van der Waals surface area contributed by atoms with Gasteiger partial charge in [-0.05, 0) is 54.1 Å². The fourth-order valence-corrected chi connectivity index (χ4v) is 3.71. The van der Waals surface area contributed by atoms with E-state index >= 15 is 0 Å². The Labute approximate surface area is 171 Å². The number of methoxy groups -OCH3 is 1. The Balaban J connectivity index is 1.53. The van der Waals surface area contributed by atoms with Crippen molar-refractivity contribution in [1.82, 2.24) is 10.1 Å². The van der Waals surface area contributed by atoms with Crippen LogP contribution in [0.5, 0.6) is 11.5 Å². The van der Waals surface area contributed by atoms with Gasteiger partial charge in [-0.1, -0.05) is 29.1 Å². The number of hydrogen-bond donors (Lipinski definition) is 0. The van der Waals surface area contributed by atoms with Crippen molar-refractivity contribution < 1.29 is 18.8 Å². The molecule has 7 heteroatoms. The molecule has 0 N–H and O–H groups in total. The number of carbonyl (C=O) groups is 1. The molecule has 29 heavy (non-hydrogen) atoms. The minimum atomic E-state index is -0.459. The average Bonchev–Trinajstić information content (AvgIpc) is 3.17. The quantitative estimate of drug-likeness (QED) is 0.252. The fraction of sp³-hybridized carbons (Fsp3) is 0.136. The Hall–Kier alpha value is -3.32. The SMILES string of the molecule is COc1ccc2ccc(OC(=O)c3cccnc3SCc3cc(C)on3)cc2c1. The number of aromatic nitrogens is 2. The van der Waals surface area contributed by atoms with E-state index in [0.29, 0.717) is 22.1 Å². The van der Waals surface area contributed by atoms with Crippen LogP contribution in [0.1, 0.15) is 21.8 Å². The third-order valence-electron chi connectivity index (χ3n) is 4.25. The smallest absolute Gasteiger partial charge is 0.346 e. The average molecular weight is 406 g/mol. The van der Waals surface area contributed by atoms with Crippen LogP contribution in [0.15, 0.2) is 70.3 Å². The van der Waals surface area contributed by atoms with Gasteiger partial charge in [0, 0.05) is 18.0 Å². The molecular weight excluding hydrogens is 388 g/mol. The summed E-state index contributed by atoms with van der Waals surface area (Å²) in [5.74, 6) is 2.04. The van der Waals surface area contributed by atoms with Crippen molar-refractivity contribution in [3.8, 4) is 11.5 Å². The molecule has 2 aromatic heterocycles. The van der Waals surface area contributed by atoms with Crippen molar-refractivity contribution in [1.29, 1.82) is 0 Å². The molecule has 0 aliphatic rings. The number of pyridine rings is 1. The number of carbonyl (C=O) groups excluding carboxylic acids is 1. The molecule has 0 saturated carbocycles. The number of aryl methyl sites for hydroxylation is 1. The van der Waals surface area contributed by atoms with Gasteiger partial charge in [-0.15, -0.1) is 0 Å². The molecule has 0 aliphatic carbocycles. The van der Waals surface area contributed by atoms with Crippen molar-refractivity contribution in [3.05, 3.63) is 77.8 Å². The summed E-state index contributed by atoms with van der Waals surface area (Å²) in [6.45, 7) is 1.84. The first-order valence-corrected chi connectivity index (χ1v) is 9.91. The molecule has 6 nitrogen and oxygen atoms in total. The molecule has 0 unspecified atom stereocenters. The largest absolute Gasteiger partial charge is 0.497 e. The van der Waals surface area contributed by atoms with Gasteiger partial charge in [-0.3, -0.25) is 0 Å². The normalized spacial score (nSPS) is 10.8. The van der Waals surface area contributed by atoms with E-state index in [0.717, 1.165) is 28.0 Å². The van der Waals surface area contributed by atoms with E-state index in [1.807, 2.05) is 43.3 Å². The Morgan fingerprint density at radius 1 is 1.07 bits per heavy atom. The highest BCUT2D eigenvalue weighted by atomic mass is 32.2. The highest BCUT2D eigenvalue weighted by Gasteiger charge is 2.16. The van der Waals surface area contributed by atoms with Gasteiger partial charge in [-0.2, -0.15) is 0 Å². The topological polar surface area (TPSA) is 74.5 Å². The zero-order valence-corrected chi connectivity index (χ0v) is 16.7. The van der Waals surface area contributed by atoms with Gasteiger partial charge in [0.2, 0.25) is 0 Å². The highest BCUT2D eigenvalue weighted by Crippen LogP contribution is 2.28. The number of hydrogen-bond acceptors (Lipinski definition) is 7. The maximum absolute atomic E-state index is 12.8.